The molecule has 0 radical (unpaired) electrons. The first-order valence-electron chi connectivity index (χ1n) is 2.95. The van der Waals surface area contributed by atoms with Gasteiger partial charge in [0.05, 0.1) is 5.02 Å². The number of hydrogen-bond acceptors (Lipinski definition) is 3. The summed E-state index contributed by atoms with van der Waals surface area (Å²) in [5.41, 5.74) is 0. The fraction of sp³-hybridized carbons (Fsp3) is 0. The third-order valence-electron chi connectivity index (χ3n) is 1.03. The van der Waals surface area contributed by atoms with Crippen LogP contribution in [-0.4, -0.2) is 4.89 Å². The number of hydrogen-bond donors (Lipinski definition) is 1. The maximum absolute atomic E-state index is 10.0. The Kier molecular flexibility index (Phi) is 3.44. The number of rotatable bonds is 3. The molecule has 0 saturated heterocycles. The molecule has 0 saturated carbocycles. The summed E-state index contributed by atoms with van der Waals surface area (Å²) < 4.78 is 14.0. The van der Waals surface area contributed by atoms with Crippen LogP contribution in [0.1, 0.15) is 0 Å². The Morgan fingerprint density at radius 2 is 2.08 bits per heavy atom. The van der Waals surface area contributed by atoms with Crippen molar-refractivity contribution in [1.29, 1.82) is 0 Å². The lowest BCUT2D eigenvalue weighted by molar-refractivity contribution is -0.101. The van der Waals surface area contributed by atoms with E-state index in [0.717, 1.165) is 0 Å². The second kappa shape index (κ2) is 4.38. The van der Waals surface area contributed by atoms with Crippen molar-refractivity contribution in [3.8, 4) is 5.75 Å². The second-order valence-corrected chi connectivity index (χ2v) is 2.86. The normalized spacial score (nSPS) is 11.0. The van der Waals surface area contributed by atoms with Gasteiger partial charge in [-0.2, -0.15) is 0 Å². The van der Waals surface area contributed by atoms with Gasteiger partial charge in [-0.15, -0.1) is 4.89 Å². The summed E-state index contributed by atoms with van der Waals surface area (Å²) in [5, 5.41) is 0.314. The minimum Gasteiger partial charge on any atom is -0.289 e. The molecule has 12 heavy (non-hydrogen) atoms. The summed E-state index contributed by atoms with van der Waals surface area (Å²) in [6, 6.07) is 6.45. The predicted molar refractivity (Wildman–Crippen MR) is 43.0 cm³/mol. The van der Waals surface area contributed by atoms with Gasteiger partial charge >= 0.3 is 8.25 Å². The first-order valence-corrected chi connectivity index (χ1v) is 4.46. The van der Waals surface area contributed by atoms with Crippen molar-refractivity contribution in [2.24, 2.45) is 0 Å². The van der Waals surface area contributed by atoms with Crippen molar-refractivity contribution >= 4 is 19.9 Å². The summed E-state index contributed by atoms with van der Waals surface area (Å²) >= 11 is 5.63. The topological polar surface area (TPSA) is 55.8 Å². The summed E-state index contributed by atoms with van der Waals surface area (Å²) in [7, 11) is -2.77. The number of para-hydroxylation sites is 1. The van der Waals surface area contributed by atoms with Gasteiger partial charge < -0.3 is 0 Å². The molecule has 0 bridgehead atoms. The van der Waals surface area contributed by atoms with Crippen LogP contribution < -0.4 is 4.89 Å². The van der Waals surface area contributed by atoms with Crippen LogP contribution in [-0.2, 0) is 9.24 Å². The zero-order valence-corrected chi connectivity index (χ0v) is 7.46. The summed E-state index contributed by atoms with van der Waals surface area (Å²) in [6.45, 7) is 0. The van der Waals surface area contributed by atoms with Crippen LogP contribution in [0.5, 0.6) is 5.75 Å². The molecule has 0 aliphatic heterocycles. The molecule has 4 nitrogen and oxygen atoms in total. The van der Waals surface area contributed by atoms with Crippen LogP contribution in [0.3, 0.4) is 0 Å². The molecule has 1 aromatic carbocycles. The molecular weight excluding hydrogens is 202 g/mol. The smallest absolute Gasteiger partial charge is 0.289 e. The van der Waals surface area contributed by atoms with Gasteiger partial charge in [0.25, 0.3) is 0 Å². The maximum Gasteiger partial charge on any atom is 0.735 e. The highest BCUT2D eigenvalue weighted by Crippen LogP contribution is 2.26. The molecule has 0 spiro atoms. The molecule has 0 amide bonds. The van der Waals surface area contributed by atoms with E-state index < -0.39 is 8.25 Å². The molecule has 1 atom stereocenters. The molecule has 1 unspecified atom stereocenters. The minimum atomic E-state index is -2.77. The van der Waals surface area contributed by atoms with Gasteiger partial charge in [0.1, 0.15) is 4.67 Å². The van der Waals surface area contributed by atoms with Crippen molar-refractivity contribution in [3.63, 3.8) is 0 Å². The quantitative estimate of drug-likeness (QED) is 0.469. The Morgan fingerprint density at radius 3 is 2.67 bits per heavy atom. The van der Waals surface area contributed by atoms with Crippen LogP contribution in [0.2, 0.25) is 5.02 Å². The van der Waals surface area contributed by atoms with Crippen LogP contribution in [0.4, 0.5) is 0 Å². The van der Waals surface area contributed by atoms with Crippen molar-refractivity contribution in [1.82, 2.24) is 0 Å². The van der Waals surface area contributed by atoms with Gasteiger partial charge in [-0.1, -0.05) is 23.7 Å². The fourth-order valence-electron chi connectivity index (χ4n) is 0.584. The summed E-state index contributed by atoms with van der Waals surface area (Å²) in [5.74, 6) is 0.205. The lowest BCUT2D eigenvalue weighted by Gasteiger charge is -1.96. The molecule has 1 aromatic rings. The molecule has 0 aliphatic carbocycles. The number of halogens is 1. The van der Waals surface area contributed by atoms with Gasteiger partial charge in [-0.3, -0.25) is 4.89 Å². The van der Waals surface area contributed by atoms with Crippen molar-refractivity contribution < 1.29 is 19.0 Å². The van der Waals surface area contributed by atoms with Crippen molar-refractivity contribution in [3.05, 3.63) is 29.3 Å². The minimum absolute atomic E-state index is 0.205. The fourth-order valence-corrected chi connectivity index (χ4v) is 0.896. The molecule has 1 rings (SSSR count). The zero-order chi connectivity index (χ0) is 8.97. The third-order valence-corrected chi connectivity index (χ3v) is 1.54. The van der Waals surface area contributed by atoms with E-state index in [1.807, 2.05) is 0 Å². The molecule has 0 aliphatic rings. The molecule has 0 heterocycles. The summed E-state index contributed by atoms with van der Waals surface area (Å²) in [6.07, 6.45) is 0. The van der Waals surface area contributed by atoms with E-state index in [1.165, 1.54) is 6.07 Å². The lowest BCUT2D eigenvalue weighted by Crippen LogP contribution is -1.88. The van der Waals surface area contributed by atoms with Gasteiger partial charge in [-0.25, -0.2) is 0 Å². The van der Waals surface area contributed by atoms with E-state index in [0.29, 0.717) is 5.02 Å². The first kappa shape index (κ1) is 9.42. The van der Waals surface area contributed by atoms with Crippen LogP contribution in [0.25, 0.3) is 0 Å². The standard InChI is InChI=1S/C6H4ClO4P/c7-5-3-1-2-4-6(5)10-11-12(8)9/h1-4H/p+1. The molecular formula is C6H5ClO4P+. The van der Waals surface area contributed by atoms with Gasteiger partial charge in [0.2, 0.25) is 0 Å². The van der Waals surface area contributed by atoms with E-state index in [9.17, 15) is 4.57 Å². The Hall–Kier alpha value is -0.670. The van der Waals surface area contributed by atoms with E-state index in [4.69, 9.17) is 16.5 Å². The predicted octanol–water partition coefficient (Wildman–Crippen LogP) is 2.30. The van der Waals surface area contributed by atoms with E-state index in [-0.39, 0.29) is 5.75 Å². The highest BCUT2D eigenvalue weighted by molar-refractivity contribution is 7.31. The van der Waals surface area contributed by atoms with Crippen molar-refractivity contribution in [2.45, 2.75) is 0 Å². The highest BCUT2D eigenvalue weighted by atomic mass is 35.5. The molecule has 1 N–H and O–H groups in total. The van der Waals surface area contributed by atoms with E-state index in [2.05, 4.69) is 9.56 Å². The largest absolute Gasteiger partial charge is 0.735 e. The van der Waals surface area contributed by atoms with Gasteiger partial charge in [0, 0.05) is 4.57 Å². The molecule has 0 aromatic heterocycles. The lowest BCUT2D eigenvalue weighted by atomic mass is 10.3. The van der Waals surface area contributed by atoms with Gasteiger partial charge in [-0.05, 0) is 12.1 Å². The maximum atomic E-state index is 10.0. The highest BCUT2D eigenvalue weighted by Gasteiger charge is 2.15. The average Bonchev–Trinajstić information content (AvgIpc) is 2.03. The van der Waals surface area contributed by atoms with Gasteiger partial charge in [0.15, 0.2) is 5.75 Å². The summed E-state index contributed by atoms with van der Waals surface area (Å²) in [4.78, 5) is 12.7. The Labute approximate surface area is 74.6 Å². The molecule has 0 fully saturated rings. The average molecular weight is 208 g/mol. The van der Waals surface area contributed by atoms with Crippen LogP contribution in [0, 0.1) is 0 Å². The Bertz CT molecular complexity index is 291. The molecule has 6 heteroatoms. The molecule has 64 valence electrons. The van der Waals surface area contributed by atoms with E-state index in [1.54, 1.807) is 18.2 Å². The first-order chi connectivity index (χ1) is 5.70. The van der Waals surface area contributed by atoms with Crippen LogP contribution in [0.15, 0.2) is 24.3 Å². The van der Waals surface area contributed by atoms with Crippen LogP contribution >= 0.6 is 19.9 Å². The Balaban J connectivity index is 2.63. The third kappa shape index (κ3) is 2.75. The zero-order valence-electron chi connectivity index (χ0n) is 5.81. The second-order valence-electron chi connectivity index (χ2n) is 1.83. The number of benzene rings is 1. The Morgan fingerprint density at radius 1 is 1.42 bits per heavy atom. The SMILES string of the molecule is O=[P+](O)OOc1ccccc1Cl. The van der Waals surface area contributed by atoms with Crippen molar-refractivity contribution in [2.75, 3.05) is 0 Å². The monoisotopic (exact) mass is 207 g/mol. The van der Waals surface area contributed by atoms with E-state index >= 15 is 0 Å².